The van der Waals surface area contributed by atoms with E-state index < -0.39 is 17.7 Å². The highest BCUT2D eigenvalue weighted by atomic mass is 19.4. The number of unbranched alkanes of at least 4 members (excludes halogenated alkanes) is 11. The molecule has 0 amide bonds. The van der Waals surface area contributed by atoms with Crippen LogP contribution in [0.15, 0.2) is 45.6 Å². The highest BCUT2D eigenvalue weighted by Crippen LogP contribution is 2.35. The summed E-state index contributed by atoms with van der Waals surface area (Å²) in [5.41, 5.74) is -0.0777. The third-order valence-corrected chi connectivity index (χ3v) is 8.25. The Labute approximate surface area is 276 Å². The van der Waals surface area contributed by atoms with Crippen LogP contribution >= 0.6 is 0 Å². The summed E-state index contributed by atoms with van der Waals surface area (Å²) < 4.78 is 60.5. The average molecular weight is 662 g/mol. The predicted molar refractivity (Wildman–Crippen MR) is 178 cm³/mol. The largest absolute Gasteiger partial charge is 0.573 e. The number of hydrogen-bond acceptors (Lipinski definition) is 7. The Morgan fingerprint density at radius 1 is 0.830 bits per heavy atom. The molecule has 0 N–H and O–H groups in total. The van der Waals surface area contributed by atoms with Gasteiger partial charge in [0.25, 0.3) is 0 Å². The molecule has 10 heteroatoms. The molecule has 0 aliphatic heterocycles. The van der Waals surface area contributed by atoms with Crippen LogP contribution in [0.3, 0.4) is 0 Å². The van der Waals surface area contributed by atoms with Crippen LogP contribution in [0, 0.1) is 5.92 Å². The van der Waals surface area contributed by atoms with Crippen molar-refractivity contribution in [2.75, 3.05) is 13.2 Å². The fourth-order valence-corrected chi connectivity index (χ4v) is 5.26. The third kappa shape index (κ3) is 13.6. The van der Waals surface area contributed by atoms with Gasteiger partial charge >= 0.3 is 18.0 Å². The summed E-state index contributed by atoms with van der Waals surface area (Å²) in [7, 11) is 0. The van der Waals surface area contributed by atoms with E-state index in [9.17, 15) is 22.8 Å². The Hall–Kier alpha value is -3.56. The number of benzene rings is 1. The van der Waals surface area contributed by atoms with E-state index in [0.717, 1.165) is 64.2 Å². The molecule has 0 radical (unpaired) electrons. The molecule has 260 valence electrons. The standard InChI is InChI=1S/C37H50F3NO6/c1-4-6-15-18-28-19-21-30(32(25-28)47-37(38,39)40)31-26-29-20-22-33(41-34(29)46-36(31)43)44-23-16-13-11-9-7-8-10-12-14-17-24-45-35(42)27(3)5-2/h19-22,25-27H,4-18,23-24H2,1-3H3. The molecular formula is C37H50F3NO6. The minimum Gasteiger partial charge on any atom is -0.478 e. The number of pyridine rings is 1. The normalized spacial score (nSPS) is 12.3. The first-order valence-electron chi connectivity index (χ1n) is 17.2. The fourth-order valence-electron chi connectivity index (χ4n) is 5.26. The van der Waals surface area contributed by atoms with E-state index in [1.165, 1.54) is 43.9 Å². The number of fused-ring (bicyclic) bond motifs is 1. The summed E-state index contributed by atoms with van der Waals surface area (Å²) in [6, 6.07) is 9.34. The van der Waals surface area contributed by atoms with Crippen LogP contribution in [0.25, 0.3) is 22.2 Å². The van der Waals surface area contributed by atoms with Gasteiger partial charge in [-0.05, 0) is 55.9 Å². The molecule has 1 unspecified atom stereocenters. The van der Waals surface area contributed by atoms with Crippen LogP contribution in [0.1, 0.15) is 116 Å². The summed E-state index contributed by atoms with van der Waals surface area (Å²) in [4.78, 5) is 28.8. The van der Waals surface area contributed by atoms with Crippen LogP contribution in [0.2, 0.25) is 0 Å². The van der Waals surface area contributed by atoms with Gasteiger partial charge in [-0.15, -0.1) is 13.2 Å². The van der Waals surface area contributed by atoms with E-state index >= 15 is 0 Å². The SMILES string of the molecule is CCCCCc1ccc(-c2cc3ccc(OCCCCCCCCCCCCOC(=O)C(C)CC)nc3oc2=O)c(OC(F)(F)F)c1. The van der Waals surface area contributed by atoms with Gasteiger partial charge in [-0.3, -0.25) is 4.79 Å². The lowest BCUT2D eigenvalue weighted by atomic mass is 10.0. The van der Waals surface area contributed by atoms with Crippen molar-refractivity contribution in [2.45, 2.75) is 123 Å². The molecule has 2 aromatic heterocycles. The molecule has 0 aliphatic carbocycles. The fraction of sp³-hybridized carbons (Fsp3) is 0.595. The molecule has 0 spiro atoms. The zero-order valence-corrected chi connectivity index (χ0v) is 28.1. The molecule has 47 heavy (non-hydrogen) atoms. The van der Waals surface area contributed by atoms with Gasteiger partial charge in [0.1, 0.15) is 5.75 Å². The molecule has 1 aromatic carbocycles. The number of esters is 1. The lowest BCUT2D eigenvalue weighted by molar-refractivity contribution is -0.274. The number of carbonyl (C=O) groups excluding carboxylic acids is 1. The van der Waals surface area contributed by atoms with E-state index in [4.69, 9.17) is 13.9 Å². The summed E-state index contributed by atoms with van der Waals surface area (Å²) in [5, 5.41) is 0.460. The second-order valence-corrected chi connectivity index (χ2v) is 12.2. The minimum absolute atomic E-state index is 0.00858. The van der Waals surface area contributed by atoms with Crippen molar-refractivity contribution in [2.24, 2.45) is 5.92 Å². The van der Waals surface area contributed by atoms with E-state index in [-0.39, 0.29) is 28.7 Å². The molecule has 1 atom stereocenters. The molecule has 0 saturated heterocycles. The topological polar surface area (TPSA) is 87.9 Å². The number of carbonyl (C=O) groups is 1. The van der Waals surface area contributed by atoms with Gasteiger partial charge in [-0.25, -0.2) is 4.79 Å². The first kappa shape index (κ1) is 37.9. The number of alkyl halides is 3. The van der Waals surface area contributed by atoms with Crippen molar-refractivity contribution in [3.63, 3.8) is 0 Å². The summed E-state index contributed by atoms with van der Waals surface area (Å²) in [5.74, 6) is -0.220. The molecule has 0 saturated carbocycles. The van der Waals surface area contributed by atoms with E-state index in [1.807, 2.05) is 13.8 Å². The van der Waals surface area contributed by atoms with Gasteiger partial charge < -0.3 is 18.6 Å². The summed E-state index contributed by atoms with van der Waals surface area (Å²) >= 11 is 0. The first-order valence-corrected chi connectivity index (χ1v) is 17.2. The maximum atomic E-state index is 13.2. The zero-order chi connectivity index (χ0) is 34.1. The summed E-state index contributed by atoms with van der Waals surface area (Å²) in [6.45, 7) is 6.94. The number of nitrogens with zero attached hydrogens (tertiary/aromatic N) is 1. The highest BCUT2D eigenvalue weighted by Gasteiger charge is 2.33. The van der Waals surface area contributed by atoms with Gasteiger partial charge in [-0.2, -0.15) is 4.98 Å². The average Bonchev–Trinajstić information content (AvgIpc) is 3.03. The zero-order valence-electron chi connectivity index (χ0n) is 28.1. The smallest absolute Gasteiger partial charge is 0.478 e. The van der Waals surface area contributed by atoms with Gasteiger partial charge in [0.15, 0.2) is 0 Å². The van der Waals surface area contributed by atoms with Crippen molar-refractivity contribution >= 4 is 17.1 Å². The first-order chi connectivity index (χ1) is 22.6. The highest BCUT2D eigenvalue weighted by molar-refractivity contribution is 5.81. The molecule has 0 aliphatic rings. The maximum Gasteiger partial charge on any atom is 0.573 e. The predicted octanol–water partition coefficient (Wildman–Crippen LogP) is 10.4. The summed E-state index contributed by atoms with van der Waals surface area (Å²) in [6.07, 6.45) is 10.3. The van der Waals surface area contributed by atoms with E-state index in [1.54, 1.807) is 18.2 Å². The van der Waals surface area contributed by atoms with Crippen molar-refractivity contribution < 1.29 is 36.6 Å². The van der Waals surface area contributed by atoms with Gasteiger partial charge in [0.2, 0.25) is 11.6 Å². The van der Waals surface area contributed by atoms with Gasteiger partial charge in [-0.1, -0.05) is 97.1 Å². The number of ether oxygens (including phenoxy) is 3. The van der Waals surface area contributed by atoms with Crippen LogP contribution in [0.4, 0.5) is 13.2 Å². The molecule has 0 fully saturated rings. The molecule has 3 rings (SSSR count). The van der Waals surface area contributed by atoms with Crippen molar-refractivity contribution in [3.8, 4) is 22.8 Å². The van der Waals surface area contributed by atoms with Crippen LogP contribution in [0.5, 0.6) is 11.6 Å². The van der Waals surface area contributed by atoms with Crippen molar-refractivity contribution in [1.82, 2.24) is 4.98 Å². The minimum atomic E-state index is -4.91. The Balaban J connectivity index is 1.41. The Kier molecular flexibility index (Phi) is 16.1. The molecule has 0 bridgehead atoms. The monoisotopic (exact) mass is 661 g/mol. The van der Waals surface area contributed by atoms with Crippen molar-refractivity contribution in [3.05, 3.63) is 52.4 Å². The molecule has 7 nitrogen and oxygen atoms in total. The number of aryl methyl sites for hydroxylation is 1. The van der Waals surface area contributed by atoms with Crippen LogP contribution in [-0.4, -0.2) is 30.5 Å². The van der Waals surface area contributed by atoms with Crippen LogP contribution < -0.4 is 15.1 Å². The number of aromatic nitrogens is 1. The third-order valence-electron chi connectivity index (χ3n) is 8.25. The van der Waals surface area contributed by atoms with Gasteiger partial charge in [0, 0.05) is 17.0 Å². The molecule has 3 aromatic rings. The lowest BCUT2D eigenvalue weighted by Gasteiger charge is -2.15. The Morgan fingerprint density at radius 3 is 2.13 bits per heavy atom. The second kappa shape index (κ2) is 20.0. The number of rotatable bonds is 22. The van der Waals surface area contributed by atoms with Crippen molar-refractivity contribution in [1.29, 1.82) is 0 Å². The second-order valence-electron chi connectivity index (χ2n) is 12.2. The molecule has 2 heterocycles. The Bertz CT molecular complexity index is 1440. The Morgan fingerprint density at radius 2 is 1.49 bits per heavy atom. The van der Waals surface area contributed by atoms with E-state index in [0.29, 0.717) is 36.5 Å². The maximum absolute atomic E-state index is 13.2. The quantitative estimate of drug-likeness (QED) is 0.0782. The number of halogens is 3. The molecular weight excluding hydrogens is 611 g/mol. The van der Waals surface area contributed by atoms with Gasteiger partial charge in [0.05, 0.1) is 24.7 Å². The number of hydrogen-bond donors (Lipinski definition) is 0. The van der Waals surface area contributed by atoms with E-state index in [2.05, 4.69) is 16.6 Å². The van der Waals surface area contributed by atoms with Crippen LogP contribution in [-0.2, 0) is 16.0 Å². The lowest BCUT2D eigenvalue weighted by Crippen LogP contribution is -2.18.